The van der Waals surface area contributed by atoms with Crippen LogP contribution in [0.15, 0.2) is 10.6 Å². The highest BCUT2D eigenvalue weighted by Gasteiger charge is 2.31. The minimum Gasteiger partial charge on any atom is -0.462 e. The summed E-state index contributed by atoms with van der Waals surface area (Å²) < 4.78 is 4.75. The molecule has 1 saturated heterocycles. The van der Waals surface area contributed by atoms with E-state index in [2.05, 4.69) is 0 Å². The van der Waals surface area contributed by atoms with Crippen LogP contribution >= 0.6 is 11.6 Å². The normalized spacial score (nSPS) is 26.8. The zero-order valence-electron chi connectivity index (χ0n) is 6.67. The summed E-state index contributed by atoms with van der Waals surface area (Å²) >= 11 is 5.67. The van der Waals surface area contributed by atoms with Crippen LogP contribution in [0.3, 0.4) is 0 Å². The molecule has 12 heavy (non-hydrogen) atoms. The van der Waals surface area contributed by atoms with Gasteiger partial charge in [-0.1, -0.05) is 11.6 Å². The molecule has 0 aromatic carbocycles. The molecule has 3 nitrogen and oxygen atoms in total. The van der Waals surface area contributed by atoms with Gasteiger partial charge >= 0.3 is 5.97 Å². The molecule has 0 saturated carbocycles. The number of esters is 1. The largest absolute Gasteiger partial charge is 0.462 e. The molecule has 1 aliphatic heterocycles. The Labute approximate surface area is 75.3 Å². The van der Waals surface area contributed by atoms with Gasteiger partial charge in [0.1, 0.15) is 6.29 Å². The van der Waals surface area contributed by atoms with E-state index in [1.165, 1.54) is 0 Å². The van der Waals surface area contributed by atoms with Gasteiger partial charge in [0.15, 0.2) is 0 Å². The maximum Gasteiger partial charge on any atom is 0.335 e. The molecule has 0 aliphatic carbocycles. The molecule has 0 aromatic rings. The Morgan fingerprint density at radius 1 is 1.83 bits per heavy atom. The van der Waals surface area contributed by atoms with Crippen LogP contribution in [0.5, 0.6) is 0 Å². The third-order valence-corrected chi connectivity index (χ3v) is 2.00. The van der Waals surface area contributed by atoms with Gasteiger partial charge in [0.25, 0.3) is 0 Å². The van der Waals surface area contributed by atoms with Gasteiger partial charge in [-0.25, -0.2) is 4.79 Å². The molecule has 1 rings (SSSR count). The van der Waals surface area contributed by atoms with Crippen molar-refractivity contribution in [2.75, 3.05) is 6.61 Å². The van der Waals surface area contributed by atoms with Crippen molar-refractivity contribution in [1.82, 2.24) is 0 Å². The van der Waals surface area contributed by atoms with Gasteiger partial charge in [-0.05, 0) is 6.92 Å². The molecule has 0 N–H and O–H groups in total. The van der Waals surface area contributed by atoms with Crippen LogP contribution < -0.4 is 0 Å². The molecule has 66 valence electrons. The van der Waals surface area contributed by atoms with Crippen molar-refractivity contribution in [3.05, 3.63) is 10.6 Å². The highest BCUT2D eigenvalue weighted by atomic mass is 35.5. The Morgan fingerprint density at radius 3 is 3.00 bits per heavy atom. The molecule has 0 radical (unpaired) electrons. The van der Waals surface area contributed by atoms with E-state index < -0.39 is 5.97 Å². The second-order valence-corrected chi connectivity index (χ2v) is 3.21. The number of cyclic esters (lactones) is 1. The monoisotopic (exact) mass is 188 g/mol. The quantitative estimate of drug-likeness (QED) is 0.372. The van der Waals surface area contributed by atoms with Gasteiger partial charge in [0, 0.05) is 17.4 Å². The minimum atomic E-state index is -0.394. The van der Waals surface area contributed by atoms with E-state index in [0.717, 1.165) is 6.29 Å². The molecule has 0 amide bonds. The van der Waals surface area contributed by atoms with Crippen LogP contribution in [0.25, 0.3) is 0 Å². The Morgan fingerprint density at radius 2 is 2.50 bits per heavy atom. The summed E-state index contributed by atoms with van der Waals surface area (Å²) in [6.07, 6.45) is 1.07. The lowest BCUT2D eigenvalue weighted by molar-refractivity contribution is -0.135. The van der Waals surface area contributed by atoms with Crippen LogP contribution in [0.1, 0.15) is 13.3 Å². The summed E-state index contributed by atoms with van der Waals surface area (Å²) in [5.41, 5.74) is 0.448. The lowest BCUT2D eigenvalue weighted by Crippen LogP contribution is -2.05. The van der Waals surface area contributed by atoms with E-state index in [4.69, 9.17) is 16.3 Å². The lowest BCUT2D eigenvalue weighted by atomic mass is 9.99. The lowest BCUT2D eigenvalue weighted by Gasteiger charge is -2.02. The molecule has 4 heteroatoms. The number of carbonyl (C=O) groups is 2. The molecule has 1 unspecified atom stereocenters. The van der Waals surface area contributed by atoms with Gasteiger partial charge in [0.2, 0.25) is 0 Å². The zero-order valence-corrected chi connectivity index (χ0v) is 7.43. The van der Waals surface area contributed by atoms with Crippen molar-refractivity contribution in [3.8, 4) is 0 Å². The number of aldehydes is 1. The first-order valence-electron chi connectivity index (χ1n) is 3.64. The van der Waals surface area contributed by atoms with Crippen molar-refractivity contribution >= 4 is 23.9 Å². The van der Waals surface area contributed by atoms with E-state index >= 15 is 0 Å². The molecule has 0 spiro atoms. The highest BCUT2D eigenvalue weighted by Crippen LogP contribution is 2.27. The van der Waals surface area contributed by atoms with Crippen molar-refractivity contribution in [2.45, 2.75) is 13.3 Å². The Balaban J connectivity index is 2.85. The van der Waals surface area contributed by atoms with E-state index in [-0.39, 0.29) is 12.5 Å². The number of rotatable bonds is 2. The second kappa shape index (κ2) is 3.72. The standard InChI is InChI=1S/C8H9ClO3/c1-5(9)7-6(2-3-10)4-12-8(7)11/h3,6H,2,4H2,1H3/b7-5-. The van der Waals surface area contributed by atoms with Gasteiger partial charge < -0.3 is 9.53 Å². The van der Waals surface area contributed by atoms with E-state index in [1.54, 1.807) is 6.92 Å². The van der Waals surface area contributed by atoms with Crippen LogP contribution in [-0.4, -0.2) is 18.9 Å². The number of allylic oxidation sites excluding steroid dienone is 1. The van der Waals surface area contributed by atoms with Crippen molar-refractivity contribution < 1.29 is 14.3 Å². The first-order valence-corrected chi connectivity index (χ1v) is 4.01. The highest BCUT2D eigenvalue weighted by molar-refractivity contribution is 6.31. The summed E-state index contributed by atoms with van der Waals surface area (Å²) in [7, 11) is 0. The Hall–Kier alpha value is -0.830. The summed E-state index contributed by atoms with van der Waals surface area (Å²) in [5, 5.41) is 0.421. The molecular formula is C8H9ClO3. The van der Waals surface area contributed by atoms with Crippen LogP contribution in [-0.2, 0) is 14.3 Å². The van der Waals surface area contributed by atoms with Crippen molar-refractivity contribution in [3.63, 3.8) is 0 Å². The number of hydrogen-bond donors (Lipinski definition) is 0. The summed E-state index contributed by atoms with van der Waals surface area (Å²) in [6, 6.07) is 0. The fourth-order valence-electron chi connectivity index (χ4n) is 1.23. The maximum atomic E-state index is 11.0. The van der Waals surface area contributed by atoms with Crippen LogP contribution in [0.2, 0.25) is 0 Å². The van der Waals surface area contributed by atoms with E-state index in [9.17, 15) is 9.59 Å². The fourth-order valence-corrected chi connectivity index (χ4v) is 1.46. The number of halogens is 1. The summed E-state index contributed by atoms with van der Waals surface area (Å²) in [5.74, 6) is -0.540. The van der Waals surface area contributed by atoms with Gasteiger partial charge in [-0.3, -0.25) is 0 Å². The van der Waals surface area contributed by atoms with Gasteiger partial charge in [-0.15, -0.1) is 0 Å². The third kappa shape index (κ3) is 1.67. The third-order valence-electron chi connectivity index (χ3n) is 1.80. The van der Waals surface area contributed by atoms with Gasteiger partial charge in [-0.2, -0.15) is 0 Å². The number of ether oxygens (including phenoxy) is 1. The topological polar surface area (TPSA) is 43.4 Å². The first-order chi connectivity index (χ1) is 5.66. The Kier molecular flexibility index (Phi) is 2.87. The average molecular weight is 189 g/mol. The molecule has 0 aromatic heterocycles. The number of carbonyl (C=O) groups excluding carboxylic acids is 2. The fraction of sp³-hybridized carbons (Fsp3) is 0.500. The predicted octanol–water partition coefficient (Wildman–Crippen LogP) is 1.26. The maximum absolute atomic E-state index is 11.0. The van der Waals surface area contributed by atoms with Crippen LogP contribution in [0.4, 0.5) is 0 Å². The van der Waals surface area contributed by atoms with Gasteiger partial charge in [0.05, 0.1) is 12.2 Å². The van der Waals surface area contributed by atoms with E-state index in [1.807, 2.05) is 0 Å². The zero-order chi connectivity index (χ0) is 9.14. The molecule has 1 atom stereocenters. The van der Waals surface area contributed by atoms with Crippen molar-refractivity contribution in [1.29, 1.82) is 0 Å². The molecular weight excluding hydrogens is 180 g/mol. The van der Waals surface area contributed by atoms with Crippen LogP contribution in [0, 0.1) is 5.92 Å². The molecule has 1 fully saturated rings. The number of hydrogen-bond acceptors (Lipinski definition) is 3. The summed E-state index contributed by atoms with van der Waals surface area (Å²) in [6.45, 7) is 1.90. The average Bonchev–Trinajstić information content (AvgIpc) is 2.32. The van der Waals surface area contributed by atoms with E-state index in [0.29, 0.717) is 17.0 Å². The predicted molar refractivity (Wildman–Crippen MR) is 43.7 cm³/mol. The SMILES string of the molecule is C/C(Cl)=C1/C(=O)OCC1CC=O. The van der Waals surface area contributed by atoms with Crippen molar-refractivity contribution in [2.24, 2.45) is 5.92 Å². The second-order valence-electron chi connectivity index (χ2n) is 2.64. The first kappa shape index (κ1) is 9.26. The smallest absolute Gasteiger partial charge is 0.335 e. The summed E-state index contributed by atoms with van der Waals surface area (Å²) in [4.78, 5) is 21.2. The Bertz CT molecular complexity index is 241. The molecule has 1 heterocycles. The molecule has 0 bridgehead atoms. The molecule has 1 aliphatic rings. The minimum absolute atomic E-state index is 0.146.